The number of benzene rings is 1. The highest BCUT2D eigenvalue weighted by molar-refractivity contribution is 5.62. The maximum Gasteiger partial charge on any atom is 0.145 e. The van der Waals surface area contributed by atoms with Gasteiger partial charge in [-0.3, -0.25) is 5.10 Å². The van der Waals surface area contributed by atoms with Crippen LogP contribution in [0, 0.1) is 0 Å². The minimum atomic E-state index is -0.0739. The number of rotatable bonds is 5. The highest BCUT2D eigenvalue weighted by Gasteiger charge is 2.11. The lowest BCUT2D eigenvalue weighted by atomic mass is 10.0. The lowest BCUT2D eigenvalue weighted by Crippen LogP contribution is -2.08. The third-order valence-corrected chi connectivity index (χ3v) is 2.77. The second kappa shape index (κ2) is 5.66. The molecule has 0 aliphatic heterocycles. The Kier molecular flexibility index (Phi) is 3.96. The summed E-state index contributed by atoms with van der Waals surface area (Å²) >= 11 is 0. The van der Waals surface area contributed by atoms with Crippen molar-refractivity contribution in [1.82, 2.24) is 10.2 Å². The fourth-order valence-electron chi connectivity index (χ4n) is 1.84. The van der Waals surface area contributed by atoms with Crippen molar-refractivity contribution in [2.24, 2.45) is 0 Å². The van der Waals surface area contributed by atoms with Crippen LogP contribution in [0.1, 0.15) is 11.7 Å². The number of aromatic nitrogens is 2. The Balaban J connectivity index is 2.29. The van der Waals surface area contributed by atoms with Crippen molar-refractivity contribution < 1.29 is 9.47 Å². The first-order chi connectivity index (χ1) is 8.74. The number of anilines is 1. The molecule has 0 saturated heterocycles. The summed E-state index contributed by atoms with van der Waals surface area (Å²) in [4.78, 5) is 0. The van der Waals surface area contributed by atoms with Gasteiger partial charge in [-0.2, -0.15) is 5.10 Å². The molecule has 2 rings (SSSR count). The molecule has 3 N–H and O–H groups in total. The first-order valence-electron chi connectivity index (χ1n) is 5.67. The Morgan fingerprint density at radius 1 is 1.33 bits per heavy atom. The summed E-state index contributed by atoms with van der Waals surface area (Å²) in [6.07, 6.45) is -0.0739. The molecule has 5 heteroatoms. The van der Waals surface area contributed by atoms with Gasteiger partial charge in [0.2, 0.25) is 0 Å². The summed E-state index contributed by atoms with van der Waals surface area (Å²) in [6.45, 7) is 0.519. The molecule has 1 atom stereocenters. The Bertz CT molecular complexity index is 510. The van der Waals surface area contributed by atoms with Crippen LogP contribution in [0.5, 0.6) is 0 Å². The Morgan fingerprint density at radius 3 is 2.78 bits per heavy atom. The summed E-state index contributed by atoms with van der Waals surface area (Å²) in [5.41, 5.74) is 8.57. The van der Waals surface area contributed by atoms with Crippen molar-refractivity contribution in [3.8, 4) is 11.3 Å². The van der Waals surface area contributed by atoms with Crippen LogP contribution in [0.15, 0.2) is 30.3 Å². The zero-order valence-electron chi connectivity index (χ0n) is 10.5. The number of aromatic amines is 1. The number of hydrogen-bond donors (Lipinski definition) is 2. The molecule has 0 aliphatic carbocycles. The molecule has 0 fully saturated rings. The van der Waals surface area contributed by atoms with Gasteiger partial charge >= 0.3 is 0 Å². The van der Waals surface area contributed by atoms with E-state index in [4.69, 9.17) is 15.2 Å². The predicted molar refractivity (Wildman–Crippen MR) is 70.1 cm³/mol. The van der Waals surface area contributed by atoms with Crippen molar-refractivity contribution in [2.75, 3.05) is 26.6 Å². The third-order valence-electron chi connectivity index (χ3n) is 2.77. The quantitative estimate of drug-likeness (QED) is 0.847. The third kappa shape index (κ3) is 2.69. The molecule has 0 amide bonds. The lowest BCUT2D eigenvalue weighted by Gasteiger charge is -2.15. The summed E-state index contributed by atoms with van der Waals surface area (Å²) < 4.78 is 10.5. The van der Waals surface area contributed by atoms with E-state index in [0.29, 0.717) is 12.4 Å². The van der Waals surface area contributed by atoms with Crippen LogP contribution in [0.2, 0.25) is 0 Å². The second-order valence-electron chi connectivity index (χ2n) is 4.01. The maximum absolute atomic E-state index is 5.60. The number of ether oxygens (including phenoxy) is 2. The summed E-state index contributed by atoms with van der Waals surface area (Å²) in [5, 5.41) is 6.81. The number of nitrogens with one attached hydrogen (secondary N) is 1. The van der Waals surface area contributed by atoms with Gasteiger partial charge in [0.15, 0.2) is 0 Å². The van der Waals surface area contributed by atoms with Gasteiger partial charge in [0.25, 0.3) is 0 Å². The van der Waals surface area contributed by atoms with E-state index in [9.17, 15) is 0 Å². The zero-order valence-corrected chi connectivity index (χ0v) is 10.5. The number of H-pyrrole nitrogens is 1. The Hall–Kier alpha value is -1.85. The van der Waals surface area contributed by atoms with Crippen LogP contribution in [0.25, 0.3) is 11.3 Å². The first-order valence-corrected chi connectivity index (χ1v) is 5.67. The van der Waals surface area contributed by atoms with Crippen molar-refractivity contribution >= 4 is 5.82 Å². The van der Waals surface area contributed by atoms with E-state index in [0.717, 1.165) is 16.8 Å². The fraction of sp³-hybridized carbons (Fsp3) is 0.308. The predicted octanol–water partition coefficient (Wildman–Crippen LogP) is 1.99. The average Bonchev–Trinajstić information content (AvgIpc) is 2.83. The van der Waals surface area contributed by atoms with Crippen LogP contribution < -0.4 is 5.73 Å². The van der Waals surface area contributed by atoms with Crippen LogP contribution in [0.4, 0.5) is 5.82 Å². The highest BCUT2D eigenvalue weighted by Crippen LogP contribution is 2.24. The molecule has 96 valence electrons. The van der Waals surface area contributed by atoms with Gasteiger partial charge in [-0.25, -0.2) is 0 Å². The minimum absolute atomic E-state index is 0.0739. The first kappa shape index (κ1) is 12.6. The van der Waals surface area contributed by atoms with E-state index in [1.807, 2.05) is 24.3 Å². The van der Waals surface area contributed by atoms with Gasteiger partial charge in [-0.1, -0.05) is 18.2 Å². The molecular formula is C13H17N3O2. The molecule has 0 radical (unpaired) electrons. The number of methoxy groups -OCH3 is 2. The molecule has 18 heavy (non-hydrogen) atoms. The molecule has 0 saturated carbocycles. The second-order valence-corrected chi connectivity index (χ2v) is 4.01. The van der Waals surface area contributed by atoms with Crippen molar-refractivity contribution in [2.45, 2.75) is 6.10 Å². The van der Waals surface area contributed by atoms with Gasteiger partial charge in [-0.05, 0) is 17.2 Å². The standard InChI is InChI=1S/C13H17N3O2/c1-17-8-12(18-2)10-5-3-4-9(6-10)11-7-13(14)16-15-11/h3-7,12H,8H2,1-2H3,(H3,14,15,16). The highest BCUT2D eigenvalue weighted by atomic mass is 16.5. The van der Waals surface area contributed by atoms with E-state index in [2.05, 4.69) is 10.2 Å². The van der Waals surface area contributed by atoms with Gasteiger partial charge in [0.1, 0.15) is 11.9 Å². The number of nitrogens with two attached hydrogens (primary N) is 1. The molecule has 1 aromatic carbocycles. The molecule has 1 aromatic heterocycles. The van der Waals surface area contributed by atoms with Crippen molar-refractivity contribution in [3.05, 3.63) is 35.9 Å². The van der Waals surface area contributed by atoms with Crippen LogP contribution in [0.3, 0.4) is 0 Å². The summed E-state index contributed by atoms with van der Waals surface area (Å²) in [7, 11) is 3.33. The summed E-state index contributed by atoms with van der Waals surface area (Å²) in [6, 6.07) is 9.83. The largest absolute Gasteiger partial charge is 0.382 e. The molecule has 0 spiro atoms. The number of hydrogen-bond acceptors (Lipinski definition) is 4. The molecule has 1 unspecified atom stereocenters. The molecule has 5 nitrogen and oxygen atoms in total. The Morgan fingerprint density at radius 2 is 2.17 bits per heavy atom. The van der Waals surface area contributed by atoms with Crippen LogP contribution in [-0.4, -0.2) is 31.0 Å². The normalized spacial score (nSPS) is 12.6. The number of nitrogens with zero attached hydrogens (tertiary/aromatic N) is 1. The fourth-order valence-corrected chi connectivity index (χ4v) is 1.84. The van der Waals surface area contributed by atoms with Crippen LogP contribution in [-0.2, 0) is 9.47 Å². The van der Waals surface area contributed by atoms with Crippen molar-refractivity contribution in [1.29, 1.82) is 0 Å². The SMILES string of the molecule is COCC(OC)c1cccc(-c2cc(N)n[nH]2)c1. The molecule has 2 aromatic rings. The molecule has 0 aliphatic rings. The van der Waals surface area contributed by atoms with Crippen molar-refractivity contribution in [3.63, 3.8) is 0 Å². The molecular weight excluding hydrogens is 230 g/mol. The van der Waals surface area contributed by atoms with Gasteiger partial charge in [0, 0.05) is 20.3 Å². The van der Waals surface area contributed by atoms with E-state index < -0.39 is 0 Å². The average molecular weight is 247 g/mol. The summed E-state index contributed by atoms with van der Waals surface area (Å²) in [5.74, 6) is 0.482. The smallest absolute Gasteiger partial charge is 0.145 e. The van der Waals surface area contributed by atoms with E-state index in [-0.39, 0.29) is 6.10 Å². The molecule has 1 heterocycles. The molecule has 0 bridgehead atoms. The minimum Gasteiger partial charge on any atom is -0.382 e. The van der Waals surface area contributed by atoms with Gasteiger partial charge in [0.05, 0.1) is 12.3 Å². The van der Waals surface area contributed by atoms with E-state index in [1.54, 1.807) is 20.3 Å². The van der Waals surface area contributed by atoms with Gasteiger partial charge in [-0.15, -0.1) is 0 Å². The lowest BCUT2D eigenvalue weighted by molar-refractivity contribution is 0.0275. The zero-order chi connectivity index (χ0) is 13.0. The van der Waals surface area contributed by atoms with E-state index in [1.165, 1.54) is 0 Å². The van der Waals surface area contributed by atoms with Crippen LogP contribution >= 0.6 is 0 Å². The van der Waals surface area contributed by atoms with Gasteiger partial charge < -0.3 is 15.2 Å². The Labute approximate surface area is 106 Å². The van der Waals surface area contributed by atoms with E-state index >= 15 is 0 Å². The maximum atomic E-state index is 5.60. The monoisotopic (exact) mass is 247 g/mol. The topological polar surface area (TPSA) is 73.2 Å². The number of nitrogen functional groups attached to an aromatic ring is 1.